The van der Waals surface area contributed by atoms with Crippen molar-refractivity contribution < 1.29 is 32.6 Å². The first-order valence-electron chi connectivity index (χ1n) is 10.1. The van der Waals surface area contributed by atoms with Crippen LogP contribution in [0.3, 0.4) is 0 Å². The summed E-state index contributed by atoms with van der Waals surface area (Å²) in [4.78, 5) is 28.3. The van der Waals surface area contributed by atoms with Crippen LogP contribution >= 0.6 is 0 Å². The number of hydrogen-bond donors (Lipinski definition) is 2. The van der Waals surface area contributed by atoms with Gasteiger partial charge in [-0.05, 0) is 37.1 Å². The van der Waals surface area contributed by atoms with Gasteiger partial charge < -0.3 is 19.7 Å². The zero-order chi connectivity index (χ0) is 23.3. The molecule has 2 aliphatic rings. The third kappa shape index (κ3) is 5.86. The Morgan fingerprint density at radius 1 is 1.28 bits per heavy atom. The van der Waals surface area contributed by atoms with Crippen molar-refractivity contribution in [2.75, 3.05) is 13.2 Å². The molecule has 0 aliphatic carbocycles. The van der Waals surface area contributed by atoms with Gasteiger partial charge in [0.1, 0.15) is 5.69 Å². The molecule has 2 aromatic rings. The molecule has 2 N–H and O–H groups in total. The molecule has 0 aromatic carbocycles. The molecule has 11 heteroatoms. The number of carboxylic acid groups (broad SMARTS) is 1. The maximum Gasteiger partial charge on any atom is 0.490 e. The third-order valence-corrected chi connectivity index (χ3v) is 5.46. The highest BCUT2D eigenvalue weighted by atomic mass is 19.4. The fourth-order valence-electron chi connectivity index (χ4n) is 4.00. The van der Waals surface area contributed by atoms with E-state index < -0.39 is 12.1 Å². The van der Waals surface area contributed by atoms with Gasteiger partial charge in [0, 0.05) is 45.2 Å². The Balaban J connectivity index is 0.000000360. The number of hydrogen-bond acceptors (Lipinski definition) is 5. The van der Waals surface area contributed by atoms with Crippen molar-refractivity contribution in [3.8, 4) is 0 Å². The Bertz CT molecular complexity index is 919. The number of nitrogens with zero attached hydrogens (tertiary/aromatic N) is 3. The average Bonchev–Trinajstić information content (AvgIpc) is 3.33. The topological polar surface area (TPSA) is 96.7 Å². The second kappa shape index (κ2) is 10.1. The summed E-state index contributed by atoms with van der Waals surface area (Å²) < 4.78 is 39.6. The molecule has 174 valence electrons. The predicted molar refractivity (Wildman–Crippen MR) is 108 cm³/mol. The van der Waals surface area contributed by atoms with Crippen LogP contribution in [0.25, 0.3) is 0 Å². The summed E-state index contributed by atoms with van der Waals surface area (Å²) in [6.07, 6.45) is 0.861. The smallest absolute Gasteiger partial charge is 0.475 e. The Kier molecular flexibility index (Phi) is 7.52. The number of carboxylic acids is 1. The van der Waals surface area contributed by atoms with Gasteiger partial charge in [0.25, 0.3) is 5.91 Å². The molecule has 0 saturated carbocycles. The summed E-state index contributed by atoms with van der Waals surface area (Å²) in [5.41, 5.74) is 1.73. The van der Waals surface area contributed by atoms with Crippen LogP contribution in [0.4, 0.5) is 13.2 Å². The van der Waals surface area contributed by atoms with Crippen molar-refractivity contribution in [1.29, 1.82) is 0 Å². The molecule has 2 aromatic heterocycles. The van der Waals surface area contributed by atoms with Crippen LogP contribution in [0.15, 0.2) is 42.7 Å². The Labute approximate surface area is 183 Å². The van der Waals surface area contributed by atoms with E-state index in [4.69, 9.17) is 14.6 Å². The summed E-state index contributed by atoms with van der Waals surface area (Å²) in [5.74, 6) is -2.79. The highest BCUT2D eigenvalue weighted by Gasteiger charge is 2.44. The van der Waals surface area contributed by atoms with Gasteiger partial charge >= 0.3 is 12.1 Å². The van der Waals surface area contributed by atoms with E-state index in [-0.39, 0.29) is 18.1 Å². The maximum absolute atomic E-state index is 12.6. The van der Waals surface area contributed by atoms with E-state index in [1.54, 1.807) is 0 Å². The van der Waals surface area contributed by atoms with Crippen molar-refractivity contribution in [3.63, 3.8) is 0 Å². The molecule has 1 amide bonds. The molecular weight excluding hydrogens is 429 g/mol. The number of carbonyl (C=O) groups is 2. The molecule has 8 nitrogen and oxygen atoms in total. The molecule has 3 atom stereocenters. The van der Waals surface area contributed by atoms with Crippen LogP contribution < -0.4 is 5.32 Å². The Hall–Kier alpha value is -2.92. The number of ether oxygens (including phenoxy) is 1. The zero-order valence-electron chi connectivity index (χ0n) is 17.5. The fourth-order valence-corrected chi connectivity index (χ4v) is 4.00. The summed E-state index contributed by atoms with van der Waals surface area (Å²) in [5, 5.41) is 10.3. The van der Waals surface area contributed by atoms with Crippen LogP contribution in [0.5, 0.6) is 0 Å². The maximum atomic E-state index is 12.6. The molecule has 0 spiro atoms. The Morgan fingerprint density at radius 3 is 2.62 bits per heavy atom. The summed E-state index contributed by atoms with van der Waals surface area (Å²) in [6, 6.07) is 10.1. The second-order valence-electron chi connectivity index (χ2n) is 7.68. The molecule has 32 heavy (non-hydrogen) atoms. The number of rotatable bonds is 4. The first-order valence-corrected chi connectivity index (χ1v) is 10.1. The summed E-state index contributed by atoms with van der Waals surface area (Å²) >= 11 is 0. The number of carbonyl (C=O) groups excluding carboxylic acids is 1. The molecule has 0 radical (unpaired) electrons. The van der Waals surface area contributed by atoms with Crippen molar-refractivity contribution in [3.05, 3.63) is 54.1 Å². The van der Waals surface area contributed by atoms with Gasteiger partial charge in [0.05, 0.1) is 17.8 Å². The lowest BCUT2D eigenvalue weighted by atomic mass is 10.0. The zero-order valence-corrected chi connectivity index (χ0v) is 17.5. The van der Waals surface area contributed by atoms with Gasteiger partial charge in [-0.25, -0.2) is 4.79 Å². The third-order valence-electron chi connectivity index (χ3n) is 5.46. The number of amides is 1. The molecular formula is C21H25F3N4O4. The number of aromatic nitrogens is 2. The van der Waals surface area contributed by atoms with Gasteiger partial charge in [-0.3, -0.25) is 14.7 Å². The quantitative estimate of drug-likeness (QED) is 0.736. The standard InChI is InChI=1S/C19H24N4O2.C2HF3O2/c1-22-10-4-7-17(22)19(24)21-15-13-23(12-14-6-2-3-9-20-14)16-8-5-11-25-18(15)16;3-2(4,5)1(6)7/h2-4,6-7,9-10,15-16,18H,5,8,11-13H2,1H3,(H,21,24);(H,6,7)/t15-,16-,18-;/m1./s1. The second-order valence-corrected chi connectivity index (χ2v) is 7.68. The molecule has 4 rings (SSSR count). The molecule has 4 heterocycles. The van der Waals surface area contributed by atoms with E-state index >= 15 is 0 Å². The van der Waals surface area contributed by atoms with Crippen molar-refractivity contribution in [2.45, 2.75) is 43.8 Å². The van der Waals surface area contributed by atoms with Gasteiger partial charge in [0.2, 0.25) is 0 Å². The highest BCUT2D eigenvalue weighted by molar-refractivity contribution is 5.93. The average molecular weight is 454 g/mol. The number of aryl methyl sites for hydroxylation is 1. The first kappa shape index (κ1) is 23.7. The minimum absolute atomic E-state index is 0.0106. The lowest BCUT2D eigenvalue weighted by Crippen LogP contribution is -2.47. The summed E-state index contributed by atoms with van der Waals surface area (Å²) in [6.45, 7) is 2.36. The Morgan fingerprint density at radius 2 is 2.03 bits per heavy atom. The van der Waals surface area contributed by atoms with Crippen molar-refractivity contribution >= 4 is 11.9 Å². The lowest BCUT2D eigenvalue weighted by Gasteiger charge is -2.32. The number of pyridine rings is 1. The first-order chi connectivity index (χ1) is 15.2. The largest absolute Gasteiger partial charge is 0.490 e. The van der Waals surface area contributed by atoms with E-state index in [0.717, 1.165) is 38.2 Å². The normalized spacial score (nSPS) is 23.1. The number of alkyl halides is 3. The van der Waals surface area contributed by atoms with Crippen molar-refractivity contribution in [2.24, 2.45) is 7.05 Å². The number of likely N-dealkylation sites (tertiary alicyclic amines) is 1. The number of aliphatic carboxylic acids is 1. The number of nitrogens with one attached hydrogen (secondary N) is 1. The van der Waals surface area contributed by atoms with E-state index in [1.165, 1.54) is 0 Å². The SMILES string of the molecule is Cn1cccc1C(=O)N[C@@H]1CN(Cc2ccccn2)[C@@H]2CCCO[C@@H]21.O=C(O)C(F)(F)F. The van der Waals surface area contributed by atoms with Crippen LogP contribution in [0, 0.1) is 0 Å². The molecule has 0 bridgehead atoms. The van der Waals surface area contributed by atoms with Crippen LogP contribution in [0.1, 0.15) is 29.0 Å². The molecule has 0 unspecified atom stereocenters. The van der Waals surface area contributed by atoms with Gasteiger partial charge in [-0.15, -0.1) is 0 Å². The predicted octanol–water partition coefficient (Wildman–Crippen LogP) is 2.22. The van der Waals surface area contributed by atoms with Crippen molar-refractivity contribution in [1.82, 2.24) is 19.8 Å². The summed E-state index contributed by atoms with van der Waals surface area (Å²) in [7, 11) is 1.89. The minimum atomic E-state index is -5.08. The van der Waals surface area contributed by atoms with Crippen LogP contribution in [-0.2, 0) is 23.1 Å². The lowest BCUT2D eigenvalue weighted by molar-refractivity contribution is -0.192. The monoisotopic (exact) mass is 454 g/mol. The molecule has 2 aliphatic heterocycles. The van der Waals surface area contributed by atoms with E-state index in [2.05, 4.69) is 21.3 Å². The molecule has 2 saturated heterocycles. The van der Waals surface area contributed by atoms with Gasteiger partial charge in [-0.1, -0.05) is 6.07 Å². The highest BCUT2D eigenvalue weighted by Crippen LogP contribution is 2.30. The molecule has 2 fully saturated rings. The fraction of sp³-hybridized carbons (Fsp3) is 0.476. The minimum Gasteiger partial charge on any atom is -0.475 e. The number of halogens is 3. The van der Waals surface area contributed by atoms with E-state index in [0.29, 0.717) is 11.7 Å². The van der Waals surface area contributed by atoms with Gasteiger partial charge in [-0.2, -0.15) is 13.2 Å². The van der Waals surface area contributed by atoms with E-state index in [9.17, 15) is 18.0 Å². The van der Waals surface area contributed by atoms with Crippen LogP contribution in [-0.4, -0.2) is 68.9 Å². The van der Waals surface area contributed by atoms with Gasteiger partial charge in [0.15, 0.2) is 0 Å². The van der Waals surface area contributed by atoms with E-state index in [1.807, 2.05) is 48.3 Å². The number of fused-ring (bicyclic) bond motifs is 1. The van der Waals surface area contributed by atoms with Crippen LogP contribution in [0.2, 0.25) is 0 Å².